The number of anilines is 1. The average molecular weight is 374 g/mol. The molecule has 0 bridgehead atoms. The van der Waals surface area contributed by atoms with Gasteiger partial charge in [-0.3, -0.25) is 4.57 Å². The fourth-order valence-electron chi connectivity index (χ4n) is 2.17. The molecule has 0 aliphatic rings. The molecule has 0 saturated carbocycles. The summed E-state index contributed by atoms with van der Waals surface area (Å²) in [5, 5.41) is 9.92. The summed E-state index contributed by atoms with van der Waals surface area (Å²) >= 11 is 3.06. The second kappa shape index (κ2) is 4.80. The molecule has 3 rings (SSSR count). The molecule has 1 heterocycles. The van der Waals surface area contributed by atoms with E-state index in [1.54, 1.807) is 0 Å². The summed E-state index contributed by atoms with van der Waals surface area (Å²) in [6.07, 6.45) is 0. The van der Waals surface area contributed by atoms with Gasteiger partial charge < -0.3 is 15.8 Å². The second-order valence-corrected chi connectivity index (χ2v) is 5.39. The van der Waals surface area contributed by atoms with Gasteiger partial charge >= 0.3 is 5.69 Å². The van der Waals surface area contributed by atoms with E-state index in [9.17, 15) is 23.1 Å². The number of nitrogen functional groups attached to an aromatic ring is 1. The number of aromatic hydroxyl groups is 1. The number of nitrogens with one attached hydrogen (secondary N) is 1. The van der Waals surface area contributed by atoms with Crippen LogP contribution in [0.15, 0.2) is 27.5 Å². The van der Waals surface area contributed by atoms with Crippen molar-refractivity contribution in [3.63, 3.8) is 0 Å². The lowest BCUT2D eigenvalue weighted by Crippen LogP contribution is -2.16. The Labute approximate surface area is 128 Å². The standard InChI is InChI=1S/C13H7BrF3N3O2/c14-4-1-2-6(5(15)3-4)20-11-10(19-13(20)22)8(17)7(16)9(18)12(11)21/h1-3,21H,18H2,(H,19,22). The first-order valence-electron chi connectivity index (χ1n) is 5.88. The van der Waals surface area contributed by atoms with Crippen LogP contribution in [-0.2, 0) is 0 Å². The van der Waals surface area contributed by atoms with Gasteiger partial charge in [0.2, 0.25) is 0 Å². The molecule has 0 spiro atoms. The smallest absolute Gasteiger partial charge is 0.331 e. The molecule has 4 N–H and O–H groups in total. The van der Waals surface area contributed by atoms with E-state index in [1.807, 2.05) is 4.98 Å². The van der Waals surface area contributed by atoms with Gasteiger partial charge in [0.1, 0.15) is 22.5 Å². The molecule has 5 nitrogen and oxygen atoms in total. The molecular weight excluding hydrogens is 367 g/mol. The molecule has 0 radical (unpaired) electrons. The van der Waals surface area contributed by atoms with E-state index in [0.29, 0.717) is 9.04 Å². The molecule has 1 aromatic heterocycles. The highest BCUT2D eigenvalue weighted by Crippen LogP contribution is 2.35. The zero-order valence-corrected chi connectivity index (χ0v) is 12.2. The van der Waals surface area contributed by atoms with Crippen molar-refractivity contribution in [2.75, 3.05) is 5.73 Å². The minimum Gasteiger partial charge on any atom is -0.504 e. The molecule has 114 valence electrons. The molecule has 0 aliphatic carbocycles. The number of hydrogen-bond donors (Lipinski definition) is 3. The first-order valence-corrected chi connectivity index (χ1v) is 6.67. The Kier molecular flexibility index (Phi) is 3.17. The molecule has 0 atom stereocenters. The van der Waals surface area contributed by atoms with Gasteiger partial charge in [0, 0.05) is 4.47 Å². The van der Waals surface area contributed by atoms with Gasteiger partial charge in [-0.2, -0.15) is 0 Å². The molecule has 0 fully saturated rings. The summed E-state index contributed by atoms with van der Waals surface area (Å²) in [6.45, 7) is 0. The number of hydrogen-bond acceptors (Lipinski definition) is 3. The van der Waals surface area contributed by atoms with Gasteiger partial charge in [0.05, 0.1) is 5.69 Å². The van der Waals surface area contributed by atoms with Crippen molar-refractivity contribution in [2.24, 2.45) is 0 Å². The Morgan fingerprint density at radius 2 is 1.91 bits per heavy atom. The Balaban J connectivity index is 2.50. The van der Waals surface area contributed by atoms with Crippen LogP contribution >= 0.6 is 15.9 Å². The first kappa shape index (κ1) is 14.5. The zero-order valence-electron chi connectivity index (χ0n) is 10.6. The van der Waals surface area contributed by atoms with Crippen LogP contribution in [0.25, 0.3) is 16.7 Å². The molecule has 0 aliphatic heterocycles. The van der Waals surface area contributed by atoms with E-state index in [0.717, 1.165) is 6.07 Å². The van der Waals surface area contributed by atoms with Crippen LogP contribution in [0.5, 0.6) is 5.75 Å². The Morgan fingerprint density at radius 3 is 2.55 bits per heavy atom. The Hall–Kier alpha value is -2.42. The molecule has 0 amide bonds. The number of phenols is 1. The highest BCUT2D eigenvalue weighted by Gasteiger charge is 2.24. The number of nitrogens with zero attached hydrogens (tertiary/aromatic N) is 1. The van der Waals surface area contributed by atoms with Crippen molar-refractivity contribution in [2.45, 2.75) is 0 Å². The summed E-state index contributed by atoms with van der Waals surface area (Å²) in [5.74, 6) is -4.58. The van der Waals surface area contributed by atoms with Crippen molar-refractivity contribution in [3.8, 4) is 11.4 Å². The maximum atomic E-state index is 14.0. The highest BCUT2D eigenvalue weighted by molar-refractivity contribution is 9.10. The maximum absolute atomic E-state index is 14.0. The van der Waals surface area contributed by atoms with Crippen LogP contribution in [0.2, 0.25) is 0 Å². The largest absolute Gasteiger partial charge is 0.504 e. The molecular formula is C13H7BrF3N3O2. The number of nitrogens with two attached hydrogens (primary N) is 1. The number of aromatic amines is 1. The number of aromatic nitrogens is 2. The predicted octanol–water partition coefficient (Wildman–Crippen LogP) is 2.79. The molecule has 22 heavy (non-hydrogen) atoms. The average Bonchev–Trinajstić information content (AvgIpc) is 2.81. The van der Waals surface area contributed by atoms with Crippen LogP contribution in [-0.4, -0.2) is 14.7 Å². The number of phenolic OH excluding ortho intramolecular Hbond substituents is 1. The van der Waals surface area contributed by atoms with Crippen LogP contribution < -0.4 is 11.4 Å². The summed E-state index contributed by atoms with van der Waals surface area (Å²) in [7, 11) is 0. The minimum absolute atomic E-state index is 0.250. The fourth-order valence-corrected chi connectivity index (χ4v) is 2.50. The summed E-state index contributed by atoms with van der Waals surface area (Å²) in [6, 6.07) is 3.77. The summed E-state index contributed by atoms with van der Waals surface area (Å²) < 4.78 is 42.5. The number of imidazole rings is 1. The molecule has 2 aromatic carbocycles. The normalized spacial score (nSPS) is 11.3. The molecule has 3 aromatic rings. The van der Waals surface area contributed by atoms with E-state index in [-0.39, 0.29) is 5.69 Å². The summed E-state index contributed by atoms with van der Waals surface area (Å²) in [5.41, 5.74) is 2.17. The topological polar surface area (TPSA) is 84.0 Å². The van der Waals surface area contributed by atoms with Gasteiger partial charge in [-0.05, 0) is 18.2 Å². The van der Waals surface area contributed by atoms with Gasteiger partial charge in [0.15, 0.2) is 17.4 Å². The van der Waals surface area contributed by atoms with E-state index < -0.39 is 45.6 Å². The van der Waals surface area contributed by atoms with E-state index in [1.165, 1.54) is 12.1 Å². The number of benzene rings is 2. The van der Waals surface area contributed by atoms with Crippen LogP contribution in [0, 0.1) is 17.5 Å². The Bertz CT molecular complexity index is 981. The van der Waals surface area contributed by atoms with E-state index in [4.69, 9.17) is 5.73 Å². The summed E-state index contributed by atoms with van der Waals surface area (Å²) in [4.78, 5) is 14.0. The van der Waals surface area contributed by atoms with Gasteiger partial charge in [-0.1, -0.05) is 15.9 Å². The van der Waals surface area contributed by atoms with Gasteiger partial charge in [-0.25, -0.2) is 18.0 Å². The van der Waals surface area contributed by atoms with Crippen molar-refractivity contribution in [1.82, 2.24) is 9.55 Å². The molecule has 0 saturated heterocycles. The van der Waals surface area contributed by atoms with Crippen LogP contribution in [0.1, 0.15) is 0 Å². The van der Waals surface area contributed by atoms with Gasteiger partial charge in [-0.15, -0.1) is 0 Å². The first-order chi connectivity index (χ1) is 10.3. The third-order valence-electron chi connectivity index (χ3n) is 3.17. The van der Waals surface area contributed by atoms with Crippen molar-refractivity contribution < 1.29 is 18.3 Å². The zero-order chi connectivity index (χ0) is 16.2. The van der Waals surface area contributed by atoms with E-state index in [2.05, 4.69) is 15.9 Å². The quantitative estimate of drug-likeness (QED) is 0.453. The number of H-pyrrole nitrogens is 1. The Morgan fingerprint density at radius 1 is 1.23 bits per heavy atom. The predicted molar refractivity (Wildman–Crippen MR) is 77.5 cm³/mol. The third-order valence-corrected chi connectivity index (χ3v) is 3.67. The minimum atomic E-state index is -1.49. The van der Waals surface area contributed by atoms with Crippen molar-refractivity contribution in [3.05, 3.63) is 50.6 Å². The molecule has 0 unspecified atom stereocenters. The fraction of sp³-hybridized carbons (Fsp3) is 0. The second-order valence-electron chi connectivity index (χ2n) is 4.48. The SMILES string of the molecule is Nc1c(F)c(F)c2[nH]c(=O)n(-c3ccc(Br)cc3F)c2c1O. The lowest BCUT2D eigenvalue weighted by Gasteiger charge is -2.09. The lowest BCUT2D eigenvalue weighted by molar-refractivity contribution is 0.467. The molecule has 9 heteroatoms. The number of halogens is 4. The maximum Gasteiger partial charge on any atom is 0.331 e. The van der Waals surface area contributed by atoms with E-state index >= 15 is 0 Å². The van der Waals surface area contributed by atoms with Crippen LogP contribution in [0.3, 0.4) is 0 Å². The third kappa shape index (κ3) is 1.89. The van der Waals surface area contributed by atoms with Crippen molar-refractivity contribution in [1.29, 1.82) is 0 Å². The number of fused-ring (bicyclic) bond motifs is 1. The lowest BCUT2D eigenvalue weighted by atomic mass is 10.2. The monoisotopic (exact) mass is 373 g/mol. The van der Waals surface area contributed by atoms with Gasteiger partial charge in [0.25, 0.3) is 0 Å². The highest BCUT2D eigenvalue weighted by atomic mass is 79.9. The van der Waals surface area contributed by atoms with Crippen LogP contribution in [0.4, 0.5) is 18.9 Å². The van der Waals surface area contributed by atoms with Crippen molar-refractivity contribution >= 4 is 32.7 Å². The number of rotatable bonds is 1.